The molecule has 49 heavy (non-hydrogen) atoms. The number of benzene rings is 3. The van der Waals surface area contributed by atoms with E-state index in [1.807, 2.05) is 0 Å². The summed E-state index contributed by atoms with van der Waals surface area (Å²) in [5.41, 5.74) is 10.2. The smallest absolute Gasteiger partial charge is 0.397 e. The zero-order valence-corrected chi connectivity index (χ0v) is 28.8. The van der Waals surface area contributed by atoms with E-state index in [0.717, 1.165) is 36.4 Å². The third kappa shape index (κ3) is 11.0. The van der Waals surface area contributed by atoms with Crippen molar-refractivity contribution in [3.63, 3.8) is 0 Å². The molecule has 0 fully saturated rings. The number of hydrogen-bond donors (Lipinski definition) is 5. The Kier molecular flexibility index (Phi) is 12.0. The van der Waals surface area contributed by atoms with Gasteiger partial charge >= 0.3 is 20.8 Å². The third-order valence-corrected chi connectivity index (χ3v) is 11.4. The summed E-state index contributed by atoms with van der Waals surface area (Å²) in [7, 11) is -22.8. The molecule has 21 nitrogen and oxygen atoms in total. The predicted molar refractivity (Wildman–Crippen MR) is 170 cm³/mol. The molecule has 26 heteroatoms. The Morgan fingerprint density at radius 3 is 1.29 bits per heavy atom. The lowest BCUT2D eigenvalue weighted by Crippen LogP contribution is -2.15. The molecule has 0 aromatic heterocycles. The van der Waals surface area contributed by atoms with Crippen molar-refractivity contribution < 1.29 is 64.1 Å². The van der Waals surface area contributed by atoms with Gasteiger partial charge in [0.15, 0.2) is 19.7 Å². The Labute approximate surface area is 280 Å². The fourth-order valence-corrected chi connectivity index (χ4v) is 7.64. The van der Waals surface area contributed by atoms with Gasteiger partial charge in [0.1, 0.15) is 16.3 Å². The van der Waals surface area contributed by atoms with Gasteiger partial charge < -0.3 is 11.5 Å². The second kappa shape index (κ2) is 14.9. The van der Waals surface area contributed by atoms with Crippen LogP contribution in [0.1, 0.15) is 5.56 Å². The van der Waals surface area contributed by atoms with Crippen molar-refractivity contribution >= 4 is 84.7 Å². The summed E-state index contributed by atoms with van der Waals surface area (Å²) in [5.74, 6) is -1.59. The minimum Gasteiger partial charge on any atom is -0.397 e. The van der Waals surface area contributed by atoms with E-state index in [2.05, 4.69) is 28.8 Å². The molecule has 3 aromatic carbocycles. The Hall–Kier alpha value is -3.99. The third-order valence-electron chi connectivity index (χ3n) is 6.07. The van der Waals surface area contributed by atoms with E-state index in [4.69, 9.17) is 20.6 Å². The number of nitrogens with zero attached hydrogens (tertiary/aromatic N) is 4. The SMILES string of the molecule is Cc1c(N)c(/N=N/c2ccc(S(=O)(=O)CCOS(=O)(=O)O)cc2)c(N)c(/N=N/c2ccc(S(=O)(=O)CCOS(=O)(=O)O)cc2)c1S(=O)(=O)O. The van der Waals surface area contributed by atoms with Crippen LogP contribution in [0.15, 0.2) is 83.7 Å². The summed E-state index contributed by atoms with van der Waals surface area (Å²) in [6, 6.07) is 9.08. The van der Waals surface area contributed by atoms with Crippen LogP contribution < -0.4 is 11.5 Å². The summed E-state index contributed by atoms with van der Waals surface area (Å²) in [6.45, 7) is -0.501. The lowest BCUT2D eigenvalue weighted by Gasteiger charge is -2.14. The average Bonchev–Trinajstić information content (AvgIpc) is 2.96. The van der Waals surface area contributed by atoms with Crippen LogP contribution in [0.3, 0.4) is 0 Å². The minimum absolute atomic E-state index is 0.0360. The molecule has 7 N–H and O–H groups in total. The van der Waals surface area contributed by atoms with Crippen LogP contribution >= 0.6 is 0 Å². The molecule has 0 saturated heterocycles. The van der Waals surface area contributed by atoms with Crippen LogP contribution in [0.25, 0.3) is 0 Å². The summed E-state index contributed by atoms with van der Waals surface area (Å²) < 4.78 is 152. The largest absolute Gasteiger partial charge is 0.397 e. The maximum absolute atomic E-state index is 12.4. The lowest BCUT2D eigenvalue weighted by atomic mass is 10.1. The zero-order valence-electron chi connectivity index (χ0n) is 24.7. The standard InChI is InChI=1S/C23H26N6O15S5/c1-14-19(24)21(28-26-15-2-6-17(7-3-15)45(30,31)12-10-43-48(37,38)39)20(25)22(23(14)47(34,35)36)29-27-16-4-8-18(9-5-16)46(32,33)13-11-44-49(40,41)42/h2-9H,10-13,24-25H2,1H3,(H,34,35,36)(H,37,38,39)(H,40,41,42)/b28-26+,29-27+. The van der Waals surface area contributed by atoms with Crippen LogP contribution in [-0.2, 0) is 59.0 Å². The second-order valence-corrected chi connectivity index (χ2v) is 17.2. The second-order valence-electron chi connectivity index (χ2n) is 9.48. The zero-order chi connectivity index (χ0) is 37.0. The van der Waals surface area contributed by atoms with E-state index < -0.39 is 91.6 Å². The molecule has 0 heterocycles. The van der Waals surface area contributed by atoms with Crippen molar-refractivity contribution in [2.75, 3.05) is 36.2 Å². The molecule has 3 aromatic rings. The Balaban J connectivity index is 1.93. The van der Waals surface area contributed by atoms with E-state index >= 15 is 0 Å². The highest BCUT2D eigenvalue weighted by molar-refractivity contribution is 7.91. The maximum atomic E-state index is 12.4. The van der Waals surface area contributed by atoms with Gasteiger partial charge in [0, 0.05) is 0 Å². The molecule has 0 aliphatic carbocycles. The van der Waals surface area contributed by atoms with Crippen molar-refractivity contribution in [2.45, 2.75) is 21.6 Å². The highest BCUT2D eigenvalue weighted by Gasteiger charge is 2.27. The van der Waals surface area contributed by atoms with Crippen molar-refractivity contribution in [1.29, 1.82) is 0 Å². The summed E-state index contributed by atoms with van der Waals surface area (Å²) in [5, 5.41) is 15.5. The quantitative estimate of drug-likeness (QED) is 0.0838. The van der Waals surface area contributed by atoms with E-state index in [9.17, 15) is 46.6 Å². The van der Waals surface area contributed by atoms with Crippen molar-refractivity contribution in [3.05, 3.63) is 54.1 Å². The number of rotatable bonds is 15. The van der Waals surface area contributed by atoms with Crippen LogP contribution in [0.5, 0.6) is 0 Å². The first-order valence-electron chi connectivity index (χ1n) is 12.8. The fourth-order valence-electron chi connectivity index (χ4n) is 3.77. The molecule has 0 spiro atoms. The van der Waals surface area contributed by atoms with Gasteiger partial charge in [0.05, 0.1) is 57.3 Å². The van der Waals surface area contributed by atoms with Gasteiger partial charge in [-0.05, 0) is 61.0 Å². The first kappa shape index (κ1) is 39.4. The van der Waals surface area contributed by atoms with E-state index in [1.165, 1.54) is 19.1 Å². The molecule has 268 valence electrons. The molecular formula is C23H26N6O15S5. The summed E-state index contributed by atoms with van der Waals surface area (Å²) >= 11 is 0. The van der Waals surface area contributed by atoms with Crippen molar-refractivity contribution in [3.8, 4) is 0 Å². The average molecular weight is 787 g/mol. The number of nitrogens with two attached hydrogens (primary N) is 2. The predicted octanol–water partition coefficient (Wildman–Crippen LogP) is 2.42. The summed E-state index contributed by atoms with van der Waals surface area (Å²) in [6.07, 6.45) is 0. The minimum atomic E-state index is -5.03. The van der Waals surface area contributed by atoms with Gasteiger partial charge in [0.25, 0.3) is 10.1 Å². The lowest BCUT2D eigenvalue weighted by molar-refractivity contribution is 0.282. The number of sulfone groups is 2. The monoisotopic (exact) mass is 786 g/mol. The van der Waals surface area contributed by atoms with Gasteiger partial charge in [-0.3, -0.25) is 13.7 Å². The maximum Gasteiger partial charge on any atom is 0.397 e. The highest BCUT2D eigenvalue weighted by atomic mass is 32.3. The molecule has 0 atom stereocenters. The topological polar surface area (TPSA) is 351 Å². The molecule has 0 unspecified atom stereocenters. The molecule has 0 bridgehead atoms. The molecular weight excluding hydrogens is 761 g/mol. The van der Waals surface area contributed by atoms with Crippen LogP contribution in [0.4, 0.5) is 34.1 Å². The molecule has 0 saturated carbocycles. The number of azo groups is 2. The van der Waals surface area contributed by atoms with E-state index in [1.54, 1.807) is 0 Å². The van der Waals surface area contributed by atoms with Gasteiger partial charge in [-0.1, -0.05) is 0 Å². The number of anilines is 2. The Morgan fingerprint density at radius 2 is 0.939 bits per heavy atom. The Morgan fingerprint density at radius 1 is 0.571 bits per heavy atom. The van der Waals surface area contributed by atoms with Crippen LogP contribution in [-0.4, -0.2) is 80.5 Å². The van der Waals surface area contributed by atoms with Crippen LogP contribution in [0, 0.1) is 6.92 Å². The van der Waals surface area contributed by atoms with Crippen molar-refractivity contribution in [1.82, 2.24) is 0 Å². The van der Waals surface area contributed by atoms with Gasteiger partial charge in [-0.2, -0.15) is 35.5 Å². The number of nitrogen functional groups attached to an aromatic ring is 2. The molecule has 0 radical (unpaired) electrons. The first-order valence-corrected chi connectivity index (χ1v) is 20.3. The summed E-state index contributed by atoms with van der Waals surface area (Å²) in [4.78, 5) is -1.36. The molecule has 0 aliphatic rings. The van der Waals surface area contributed by atoms with Crippen molar-refractivity contribution in [2.24, 2.45) is 20.5 Å². The Bertz CT molecular complexity index is 2350. The molecule has 0 aliphatic heterocycles. The van der Waals surface area contributed by atoms with Gasteiger partial charge in [0.2, 0.25) is 0 Å². The molecule has 0 amide bonds. The first-order chi connectivity index (χ1) is 22.4. The van der Waals surface area contributed by atoms with Gasteiger partial charge in [-0.25, -0.2) is 25.2 Å². The highest BCUT2D eigenvalue weighted by Crippen LogP contribution is 2.46. The normalized spacial score (nSPS) is 13.4. The number of hydrogen-bond acceptors (Lipinski definition) is 18. The van der Waals surface area contributed by atoms with Crippen LogP contribution in [0.2, 0.25) is 0 Å². The fraction of sp³-hybridized carbons (Fsp3) is 0.217. The van der Waals surface area contributed by atoms with E-state index in [0.29, 0.717) is 0 Å². The molecule has 3 rings (SSSR count). The van der Waals surface area contributed by atoms with E-state index in [-0.39, 0.29) is 38.1 Å². The van der Waals surface area contributed by atoms with Gasteiger partial charge in [-0.15, -0.1) is 10.2 Å².